The molecule has 2 saturated carbocycles. The van der Waals surface area contributed by atoms with E-state index in [-0.39, 0.29) is 0 Å². The Morgan fingerprint density at radius 2 is 2.00 bits per heavy atom. The highest BCUT2D eigenvalue weighted by molar-refractivity contribution is 5.01. The topological polar surface area (TPSA) is 58.3 Å². The van der Waals surface area contributed by atoms with Crippen molar-refractivity contribution in [2.24, 2.45) is 23.5 Å². The predicted octanol–water partition coefficient (Wildman–Crippen LogP) is 0.288. The summed E-state index contributed by atoms with van der Waals surface area (Å²) in [5, 5.41) is 13.1. The number of hydrogen-bond donors (Lipinski definition) is 3. The van der Waals surface area contributed by atoms with Crippen LogP contribution in [-0.4, -0.2) is 23.9 Å². The second kappa shape index (κ2) is 2.94. The fourth-order valence-electron chi connectivity index (χ4n) is 3.34. The molecule has 2 aliphatic rings. The van der Waals surface area contributed by atoms with Gasteiger partial charge in [-0.3, -0.25) is 0 Å². The summed E-state index contributed by atoms with van der Waals surface area (Å²) in [7, 11) is 2.03. The maximum absolute atomic E-state index is 9.76. The summed E-state index contributed by atoms with van der Waals surface area (Å²) in [5.41, 5.74) is 4.79. The molecule has 13 heavy (non-hydrogen) atoms. The Bertz CT molecular complexity index is 200. The van der Waals surface area contributed by atoms with Crippen molar-refractivity contribution < 1.29 is 5.11 Å². The second-order valence-electron chi connectivity index (χ2n) is 4.95. The molecule has 2 rings (SSSR count). The molecular formula is C10H20N2O. The molecule has 0 aliphatic heterocycles. The van der Waals surface area contributed by atoms with Crippen LogP contribution < -0.4 is 11.1 Å². The first-order valence-corrected chi connectivity index (χ1v) is 5.21. The summed E-state index contributed by atoms with van der Waals surface area (Å²) < 4.78 is 0. The molecule has 0 spiro atoms. The average molecular weight is 184 g/mol. The Morgan fingerprint density at radius 1 is 1.31 bits per heavy atom. The van der Waals surface area contributed by atoms with Gasteiger partial charge in [0.05, 0.1) is 0 Å². The van der Waals surface area contributed by atoms with Crippen molar-refractivity contribution in [1.82, 2.24) is 5.32 Å². The zero-order chi connectivity index (χ0) is 9.64. The van der Waals surface area contributed by atoms with E-state index in [4.69, 9.17) is 5.73 Å². The standard InChI is InChI=1S/C10H20N2O/c1-10(11,13)8-4-7-3-6(8)5-9(7)12-2/h6-9,12-13H,3-5,11H2,1-2H3. The Labute approximate surface area is 79.7 Å². The second-order valence-corrected chi connectivity index (χ2v) is 4.95. The zero-order valence-corrected chi connectivity index (χ0v) is 8.46. The maximum atomic E-state index is 9.76. The number of nitrogens with two attached hydrogens (primary N) is 1. The molecule has 0 amide bonds. The van der Waals surface area contributed by atoms with Crippen LogP contribution in [0.1, 0.15) is 26.2 Å². The fraction of sp³-hybridized carbons (Fsp3) is 1.00. The van der Waals surface area contributed by atoms with E-state index < -0.39 is 5.72 Å². The predicted molar refractivity (Wildman–Crippen MR) is 52.0 cm³/mol. The zero-order valence-electron chi connectivity index (χ0n) is 8.46. The lowest BCUT2D eigenvalue weighted by molar-refractivity contribution is -0.0215. The van der Waals surface area contributed by atoms with Gasteiger partial charge in [-0.25, -0.2) is 0 Å². The van der Waals surface area contributed by atoms with E-state index >= 15 is 0 Å². The van der Waals surface area contributed by atoms with Gasteiger partial charge >= 0.3 is 0 Å². The van der Waals surface area contributed by atoms with Crippen molar-refractivity contribution in [2.45, 2.75) is 38.0 Å². The minimum Gasteiger partial charge on any atom is -0.376 e. The molecule has 3 heteroatoms. The van der Waals surface area contributed by atoms with E-state index in [0.717, 1.165) is 12.3 Å². The van der Waals surface area contributed by atoms with Crippen LogP contribution in [0.3, 0.4) is 0 Å². The Hall–Kier alpha value is -0.120. The van der Waals surface area contributed by atoms with E-state index in [1.807, 2.05) is 7.05 Å². The van der Waals surface area contributed by atoms with E-state index in [2.05, 4.69) is 5.32 Å². The minimum absolute atomic E-state index is 0.321. The average Bonchev–Trinajstić information content (AvgIpc) is 2.59. The number of aliphatic hydroxyl groups is 1. The van der Waals surface area contributed by atoms with Gasteiger partial charge in [0.15, 0.2) is 0 Å². The minimum atomic E-state index is -0.960. The summed E-state index contributed by atoms with van der Waals surface area (Å²) in [6.07, 6.45) is 3.54. The van der Waals surface area contributed by atoms with Gasteiger partial charge in [-0.15, -0.1) is 0 Å². The summed E-state index contributed by atoms with van der Waals surface area (Å²) in [4.78, 5) is 0. The van der Waals surface area contributed by atoms with Crippen molar-refractivity contribution in [2.75, 3.05) is 7.05 Å². The van der Waals surface area contributed by atoms with Crippen LogP contribution in [0, 0.1) is 17.8 Å². The Balaban J connectivity index is 2.03. The van der Waals surface area contributed by atoms with Gasteiger partial charge in [0, 0.05) is 12.0 Å². The third-order valence-corrected chi connectivity index (χ3v) is 3.98. The van der Waals surface area contributed by atoms with Crippen molar-refractivity contribution in [3.63, 3.8) is 0 Å². The van der Waals surface area contributed by atoms with Gasteiger partial charge in [-0.05, 0) is 45.1 Å². The van der Waals surface area contributed by atoms with Gasteiger partial charge in [0.2, 0.25) is 0 Å². The molecule has 2 fully saturated rings. The molecule has 4 N–H and O–H groups in total. The molecule has 0 aromatic heterocycles. The number of fused-ring (bicyclic) bond motifs is 2. The Morgan fingerprint density at radius 3 is 2.38 bits per heavy atom. The lowest BCUT2D eigenvalue weighted by Crippen LogP contribution is -2.48. The highest BCUT2D eigenvalue weighted by Gasteiger charge is 2.50. The lowest BCUT2D eigenvalue weighted by Gasteiger charge is -2.35. The van der Waals surface area contributed by atoms with Crippen LogP contribution in [0.25, 0.3) is 0 Å². The molecule has 0 aromatic carbocycles. The monoisotopic (exact) mass is 184 g/mol. The van der Waals surface area contributed by atoms with E-state index in [9.17, 15) is 5.11 Å². The molecule has 5 atom stereocenters. The van der Waals surface area contributed by atoms with Crippen LogP contribution >= 0.6 is 0 Å². The molecule has 76 valence electrons. The molecule has 0 heterocycles. The molecule has 2 aliphatic carbocycles. The normalized spacial score (nSPS) is 48.0. The van der Waals surface area contributed by atoms with Crippen LogP contribution in [0.2, 0.25) is 0 Å². The first kappa shape index (κ1) is 9.44. The van der Waals surface area contributed by atoms with Crippen molar-refractivity contribution >= 4 is 0 Å². The third kappa shape index (κ3) is 1.49. The number of rotatable bonds is 2. The molecule has 3 nitrogen and oxygen atoms in total. The highest BCUT2D eigenvalue weighted by Crippen LogP contribution is 2.50. The smallest absolute Gasteiger partial charge is 0.113 e. The van der Waals surface area contributed by atoms with Gasteiger partial charge in [0.1, 0.15) is 5.72 Å². The van der Waals surface area contributed by atoms with Crippen molar-refractivity contribution in [3.05, 3.63) is 0 Å². The van der Waals surface area contributed by atoms with Gasteiger partial charge in [-0.1, -0.05) is 0 Å². The summed E-state index contributed by atoms with van der Waals surface area (Å²) in [6, 6.07) is 0.670. The van der Waals surface area contributed by atoms with E-state index in [0.29, 0.717) is 17.9 Å². The van der Waals surface area contributed by atoms with E-state index in [1.54, 1.807) is 6.92 Å². The molecule has 0 radical (unpaired) electrons. The van der Waals surface area contributed by atoms with Gasteiger partial charge in [0.25, 0.3) is 0 Å². The van der Waals surface area contributed by atoms with Crippen molar-refractivity contribution in [1.29, 1.82) is 0 Å². The quantitative estimate of drug-likeness (QED) is 0.541. The maximum Gasteiger partial charge on any atom is 0.113 e. The Kier molecular flexibility index (Phi) is 2.13. The molecule has 0 aromatic rings. The van der Waals surface area contributed by atoms with Gasteiger partial charge in [-0.2, -0.15) is 0 Å². The molecule has 5 unspecified atom stereocenters. The largest absolute Gasteiger partial charge is 0.376 e. The van der Waals surface area contributed by atoms with Crippen molar-refractivity contribution in [3.8, 4) is 0 Å². The first-order valence-electron chi connectivity index (χ1n) is 5.21. The van der Waals surface area contributed by atoms with Crippen LogP contribution in [0.15, 0.2) is 0 Å². The molecule has 0 saturated heterocycles. The highest BCUT2D eigenvalue weighted by atomic mass is 16.3. The number of hydrogen-bond acceptors (Lipinski definition) is 3. The molecule has 2 bridgehead atoms. The summed E-state index contributed by atoms with van der Waals surface area (Å²) >= 11 is 0. The number of nitrogens with one attached hydrogen (secondary N) is 1. The first-order chi connectivity index (χ1) is 6.02. The van der Waals surface area contributed by atoms with Crippen LogP contribution in [0.4, 0.5) is 0 Å². The van der Waals surface area contributed by atoms with E-state index in [1.165, 1.54) is 12.8 Å². The van der Waals surface area contributed by atoms with Gasteiger partial charge < -0.3 is 16.2 Å². The van der Waals surface area contributed by atoms with Crippen LogP contribution in [0.5, 0.6) is 0 Å². The SMILES string of the molecule is CNC1CC2CC1CC2C(C)(N)O. The lowest BCUT2D eigenvalue weighted by atomic mass is 9.80. The molecular weight excluding hydrogens is 164 g/mol. The summed E-state index contributed by atoms with van der Waals surface area (Å²) in [5.74, 6) is 1.71. The fourth-order valence-corrected chi connectivity index (χ4v) is 3.34. The third-order valence-electron chi connectivity index (χ3n) is 3.98. The summed E-state index contributed by atoms with van der Waals surface area (Å²) in [6.45, 7) is 1.74. The van der Waals surface area contributed by atoms with Crippen LogP contribution in [-0.2, 0) is 0 Å².